The van der Waals surface area contributed by atoms with Gasteiger partial charge in [-0.15, -0.1) is 0 Å². The van der Waals surface area contributed by atoms with Gasteiger partial charge in [-0.2, -0.15) is 0 Å². The maximum Gasteiger partial charge on any atom is 0.160 e. The van der Waals surface area contributed by atoms with Gasteiger partial charge in [0.2, 0.25) is 0 Å². The quantitative estimate of drug-likeness (QED) is 0.870. The zero-order chi connectivity index (χ0) is 13.0. The van der Waals surface area contributed by atoms with Crippen LogP contribution in [0, 0.1) is 5.92 Å². The van der Waals surface area contributed by atoms with Crippen molar-refractivity contribution in [1.82, 2.24) is 4.90 Å². The van der Waals surface area contributed by atoms with E-state index in [2.05, 4.69) is 11.9 Å². The number of benzene rings is 1. The van der Waals surface area contributed by atoms with Crippen LogP contribution in [-0.4, -0.2) is 30.7 Å². The molecule has 0 radical (unpaired) electrons. The summed E-state index contributed by atoms with van der Waals surface area (Å²) in [5.74, 6) is 1.63. The number of hydrogen-bond acceptors (Lipinski definition) is 3. The second-order valence-corrected chi connectivity index (χ2v) is 5.35. The number of rotatable bonds is 5. The van der Waals surface area contributed by atoms with Crippen LogP contribution in [0.15, 0.2) is 18.2 Å². The van der Waals surface area contributed by atoms with Crippen LogP contribution < -0.4 is 4.74 Å². The Morgan fingerprint density at radius 1 is 1.33 bits per heavy atom. The van der Waals surface area contributed by atoms with Crippen molar-refractivity contribution in [2.24, 2.45) is 5.92 Å². The first-order valence-corrected chi connectivity index (χ1v) is 6.73. The van der Waals surface area contributed by atoms with Gasteiger partial charge in [0.05, 0.1) is 7.11 Å². The highest BCUT2D eigenvalue weighted by molar-refractivity contribution is 5.41. The Labute approximate surface area is 109 Å². The first kappa shape index (κ1) is 13.2. The number of methoxy groups -OCH3 is 1. The summed E-state index contributed by atoms with van der Waals surface area (Å²) in [6.45, 7) is 2.08. The van der Waals surface area contributed by atoms with E-state index in [-0.39, 0.29) is 5.75 Å². The molecule has 0 amide bonds. The Morgan fingerprint density at radius 3 is 2.72 bits per heavy atom. The molecular formula is C15H23NO2. The van der Waals surface area contributed by atoms with Crippen molar-refractivity contribution in [3.63, 3.8) is 0 Å². The van der Waals surface area contributed by atoms with Gasteiger partial charge in [-0.05, 0) is 43.5 Å². The van der Waals surface area contributed by atoms with Crippen molar-refractivity contribution >= 4 is 0 Å². The lowest BCUT2D eigenvalue weighted by atomic mass is 10.1. The summed E-state index contributed by atoms with van der Waals surface area (Å²) >= 11 is 0. The summed E-state index contributed by atoms with van der Waals surface area (Å²) in [7, 11) is 3.75. The zero-order valence-electron chi connectivity index (χ0n) is 11.4. The summed E-state index contributed by atoms with van der Waals surface area (Å²) in [5.41, 5.74) is 1.19. The molecule has 100 valence electrons. The van der Waals surface area contributed by atoms with Crippen LogP contribution in [0.2, 0.25) is 0 Å². The highest BCUT2D eigenvalue weighted by atomic mass is 16.5. The highest BCUT2D eigenvalue weighted by Gasteiger charge is 2.17. The number of ether oxygens (including phenoxy) is 1. The molecule has 0 saturated heterocycles. The molecule has 1 aromatic carbocycles. The summed E-state index contributed by atoms with van der Waals surface area (Å²) in [6, 6.07) is 5.58. The van der Waals surface area contributed by atoms with E-state index in [0.717, 1.165) is 12.5 Å². The van der Waals surface area contributed by atoms with Gasteiger partial charge < -0.3 is 14.7 Å². The highest BCUT2D eigenvalue weighted by Crippen LogP contribution is 2.28. The smallest absolute Gasteiger partial charge is 0.160 e. The molecule has 0 atom stereocenters. The molecule has 0 heterocycles. The SMILES string of the molecule is COc1cc(CN(C)CC2CCCC2)ccc1O. The lowest BCUT2D eigenvalue weighted by molar-refractivity contribution is 0.270. The minimum absolute atomic E-state index is 0.208. The summed E-state index contributed by atoms with van der Waals surface area (Å²) < 4.78 is 5.13. The predicted molar refractivity (Wildman–Crippen MR) is 73.0 cm³/mol. The van der Waals surface area contributed by atoms with Gasteiger partial charge in [0.25, 0.3) is 0 Å². The van der Waals surface area contributed by atoms with Crippen LogP contribution in [0.5, 0.6) is 11.5 Å². The molecule has 2 rings (SSSR count). The maximum atomic E-state index is 9.56. The van der Waals surface area contributed by atoms with Gasteiger partial charge in [-0.25, -0.2) is 0 Å². The number of phenolic OH excluding ortho intramolecular Hbond substituents is 1. The molecule has 1 aliphatic carbocycles. The number of nitrogens with zero attached hydrogens (tertiary/aromatic N) is 1. The third kappa shape index (κ3) is 3.39. The molecule has 1 aliphatic rings. The first-order chi connectivity index (χ1) is 8.69. The Morgan fingerprint density at radius 2 is 2.06 bits per heavy atom. The van der Waals surface area contributed by atoms with E-state index in [1.54, 1.807) is 13.2 Å². The standard InChI is InChI=1S/C15H23NO2/c1-16(10-12-5-3-4-6-12)11-13-7-8-14(17)15(9-13)18-2/h7-9,12,17H,3-6,10-11H2,1-2H3. The number of hydrogen-bond donors (Lipinski definition) is 1. The topological polar surface area (TPSA) is 32.7 Å². The Bertz CT molecular complexity index is 386. The van der Waals surface area contributed by atoms with E-state index in [1.807, 2.05) is 12.1 Å². The average Bonchev–Trinajstić information content (AvgIpc) is 2.84. The Balaban J connectivity index is 1.91. The van der Waals surface area contributed by atoms with Crippen LogP contribution in [0.25, 0.3) is 0 Å². The van der Waals surface area contributed by atoms with Gasteiger partial charge >= 0.3 is 0 Å². The third-order valence-electron chi connectivity index (χ3n) is 3.74. The predicted octanol–water partition coefficient (Wildman–Crippen LogP) is 3.02. The molecule has 1 aromatic rings. The molecule has 0 spiro atoms. The van der Waals surface area contributed by atoms with Crippen molar-refractivity contribution in [3.8, 4) is 11.5 Å². The molecule has 0 aliphatic heterocycles. The van der Waals surface area contributed by atoms with E-state index in [9.17, 15) is 5.11 Å². The minimum Gasteiger partial charge on any atom is -0.504 e. The molecule has 3 heteroatoms. The van der Waals surface area contributed by atoms with Crippen LogP contribution >= 0.6 is 0 Å². The molecule has 1 N–H and O–H groups in total. The second kappa shape index (κ2) is 6.10. The lowest BCUT2D eigenvalue weighted by Crippen LogP contribution is -2.24. The first-order valence-electron chi connectivity index (χ1n) is 6.73. The van der Waals surface area contributed by atoms with Gasteiger partial charge in [0.1, 0.15) is 0 Å². The fourth-order valence-electron chi connectivity index (χ4n) is 2.83. The molecule has 1 fully saturated rings. The number of aromatic hydroxyl groups is 1. The normalized spacial score (nSPS) is 16.4. The molecule has 0 unspecified atom stereocenters. The summed E-state index contributed by atoms with van der Waals surface area (Å²) in [5, 5.41) is 9.56. The van der Waals surface area contributed by atoms with Crippen LogP contribution in [0.1, 0.15) is 31.2 Å². The van der Waals surface area contributed by atoms with Crippen LogP contribution in [0.3, 0.4) is 0 Å². The Hall–Kier alpha value is -1.22. The zero-order valence-corrected chi connectivity index (χ0v) is 11.4. The maximum absolute atomic E-state index is 9.56. The molecule has 3 nitrogen and oxygen atoms in total. The van der Waals surface area contributed by atoms with Crippen molar-refractivity contribution < 1.29 is 9.84 Å². The van der Waals surface area contributed by atoms with Gasteiger partial charge in [0.15, 0.2) is 11.5 Å². The molecule has 1 saturated carbocycles. The van der Waals surface area contributed by atoms with E-state index >= 15 is 0 Å². The molecular weight excluding hydrogens is 226 g/mol. The van der Waals surface area contributed by atoms with Gasteiger partial charge in [-0.1, -0.05) is 18.9 Å². The van der Waals surface area contributed by atoms with E-state index < -0.39 is 0 Å². The van der Waals surface area contributed by atoms with Gasteiger partial charge in [-0.3, -0.25) is 0 Å². The van der Waals surface area contributed by atoms with Crippen molar-refractivity contribution in [1.29, 1.82) is 0 Å². The van der Waals surface area contributed by atoms with E-state index in [4.69, 9.17) is 4.74 Å². The largest absolute Gasteiger partial charge is 0.504 e. The lowest BCUT2D eigenvalue weighted by Gasteiger charge is -2.21. The molecule has 0 bridgehead atoms. The number of phenols is 1. The van der Waals surface area contributed by atoms with Crippen molar-refractivity contribution in [3.05, 3.63) is 23.8 Å². The van der Waals surface area contributed by atoms with Crippen molar-refractivity contribution in [2.45, 2.75) is 32.2 Å². The van der Waals surface area contributed by atoms with E-state index in [0.29, 0.717) is 5.75 Å². The second-order valence-electron chi connectivity index (χ2n) is 5.35. The fourth-order valence-corrected chi connectivity index (χ4v) is 2.83. The molecule has 0 aromatic heterocycles. The summed E-state index contributed by atoms with van der Waals surface area (Å²) in [6.07, 6.45) is 5.55. The van der Waals surface area contributed by atoms with Gasteiger partial charge in [0, 0.05) is 13.1 Å². The molecule has 18 heavy (non-hydrogen) atoms. The van der Waals surface area contributed by atoms with Crippen molar-refractivity contribution in [2.75, 3.05) is 20.7 Å². The van der Waals surface area contributed by atoms with Crippen LogP contribution in [0.4, 0.5) is 0 Å². The monoisotopic (exact) mass is 249 g/mol. The average molecular weight is 249 g/mol. The summed E-state index contributed by atoms with van der Waals surface area (Å²) in [4.78, 5) is 2.36. The Kier molecular flexibility index (Phi) is 4.48. The minimum atomic E-state index is 0.208. The fraction of sp³-hybridized carbons (Fsp3) is 0.600. The van der Waals surface area contributed by atoms with E-state index in [1.165, 1.54) is 37.8 Å². The van der Waals surface area contributed by atoms with Crippen LogP contribution in [-0.2, 0) is 6.54 Å². The third-order valence-corrected chi connectivity index (χ3v) is 3.74.